The Morgan fingerprint density at radius 3 is 2.56 bits per heavy atom. The van der Waals surface area contributed by atoms with Crippen LogP contribution in [0.5, 0.6) is 5.75 Å². The van der Waals surface area contributed by atoms with Crippen LogP contribution in [0.4, 0.5) is 18.9 Å². The number of hydrogen-bond acceptors (Lipinski definition) is 6. The maximum Gasteiger partial charge on any atom is 0.416 e. The van der Waals surface area contributed by atoms with Gasteiger partial charge in [0.1, 0.15) is 29.6 Å². The maximum atomic E-state index is 13.1. The second-order valence-electron chi connectivity index (χ2n) is 9.39. The molecule has 1 fully saturated rings. The van der Waals surface area contributed by atoms with E-state index >= 15 is 0 Å². The second kappa shape index (κ2) is 8.82. The van der Waals surface area contributed by atoms with E-state index in [1.54, 1.807) is 31.3 Å². The molecule has 0 aliphatic carbocycles. The summed E-state index contributed by atoms with van der Waals surface area (Å²) in [6.45, 7) is 5.59. The minimum atomic E-state index is -4.37. The molecular formula is C26H26F3N5O2. The number of ether oxygens (including phenoxy) is 1. The molecular weight excluding hydrogens is 471 g/mol. The number of halogens is 3. The highest BCUT2D eigenvalue weighted by atomic mass is 19.4. The van der Waals surface area contributed by atoms with Gasteiger partial charge < -0.3 is 14.2 Å². The summed E-state index contributed by atoms with van der Waals surface area (Å²) in [6, 6.07) is 10.6. The van der Waals surface area contributed by atoms with E-state index in [9.17, 15) is 23.2 Å². The monoisotopic (exact) mass is 497 g/mol. The molecule has 4 heterocycles. The molecule has 0 radical (unpaired) electrons. The number of benzene rings is 1. The van der Waals surface area contributed by atoms with Gasteiger partial charge in [0.2, 0.25) is 5.75 Å². The Labute approximate surface area is 206 Å². The molecule has 2 aromatic heterocycles. The number of aromatic nitrogens is 2. The molecule has 1 saturated heterocycles. The van der Waals surface area contributed by atoms with Crippen LogP contribution in [0, 0.1) is 11.3 Å². The quantitative estimate of drug-likeness (QED) is 0.539. The summed E-state index contributed by atoms with van der Waals surface area (Å²) in [5, 5.41) is 9.41. The molecule has 3 aromatic rings. The van der Waals surface area contributed by atoms with E-state index in [0.717, 1.165) is 24.1 Å². The second-order valence-corrected chi connectivity index (χ2v) is 9.39. The van der Waals surface area contributed by atoms with E-state index in [1.807, 2.05) is 6.92 Å². The van der Waals surface area contributed by atoms with Crippen molar-refractivity contribution in [1.29, 1.82) is 5.26 Å². The lowest BCUT2D eigenvalue weighted by Gasteiger charge is -2.51. The molecule has 5 rings (SSSR count). The van der Waals surface area contributed by atoms with Gasteiger partial charge in [0.25, 0.3) is 5.56 Å². The summed E-state index contributed by atoms with van der Waals surface area (Å²) >= 11 is 0. The summed E-state index contributed by atoms with van der Waals surface area (Å²) in [6.07, 6.45) is -3.56. The Kier molecular flexibility index (Phi) is 5.91. The third-order valence-electron chi connectivity index (χ3n) is 7.42. The van der Waals surface area contributed by atoms with Crippen molar-refractivity contribution in [2.75, 3.05) is 24.6 Å². The van der Waals surface area contributed by atoms with Crippen LogP contribution in [0.1, 0.15) is 43.1 Å². The van der Waals surface area contributed by atoms with Crippen LogP contribution < -0.4 is 15.2 Å². The lowest BCUT2D eigenvalue weighted by Crippen LogP contribution is -2.62. The highest BCUT2D eigenvalue weighted by Crippen LogP contribution is 2.41. The maximum absolute atomic E-state index is 13.1. The number of aryl methyl sites for hydroxylation is 1. The van der Waals surface area contributed by atoms with Crippen molar-refractivity contribution in [3.05, 3.63) is 63.6 Å². The first-order chi connectivity index (χ1) is 17.1. The van der Waals surface area contributed by atoms with Gasteiger partial charge in [-0.25, -0.2) is 4.98 Å². The Morgan fingerprint density at radius 1 is 1.19 bits per heavy atom. The summed E-state index contributed by atoms with van der Waals surface area (Å²) in [5.74, 6) is 0.239. The first-order valence-corrected chi connectivity index (χ1v) is 11.9. The Balaban J connectivity index is 1.52. The molecule has 0 bridgehead atoms. The average molecular weight is 498 g/mol. The zero-order valence-electron chi connectivity index (χ0n) is 20.2. The van der Waals surface area contributed by atoms with E-state index in [1.165, 1.54) is 4.57 Å². The number of nitriles is 1. The average Bonchev–Trinajstić information content (AvgIpc) is 2.89. The van der Waals surface area contributed by atoms with Crippen LogP contribution in [0.25, 0.3) is 11.0 Å². The molecule has 10 heteroatoms. The van der Waals surface area contributed by atoms with Crippen molar-refractivity contribution in [3.63, 3.8) is 0 Å². The summed E-state index contributed by atoms with van der Waals surface area (Å²) in [4.78, 5) is 22.1. The molecule has 2 aliphatic rings. The van der Waals surface area contributed by atoms with Crippen LogP contribution in [0.3, 0.4) is 0 Å². The largest absolute Gasteiger partial charge is 0.484 e. The lowest BCUT2D eigenvalue weighted by atomic mass is 9.96. The van der Waals surface area contributed by atoms with Crippen LogP contribution in [0.2, 0.25) is 0 Å². The number of hydrogen-bond donors (Lipinski definition) is 0. The van der Waals surface area contributed by atoms with Crippen molar-refractivity contribution < 1.29 is 17.9 Å². The molecule has 3 atom stereocenters. The standard InChI is InChI=1S/C26H26F3N5O2/c1-4-19-12-34-20(13-33(19)15(2)16-5-7-17(8-6-16)26(27,28)29)14-36-24-23(34)22-21(32(3)25(24)35)10-9-18(11-30)31-22/h5-10,15,19-20H,4,12-14H2,1-3H3/t15-,19+,20-/m0/s1. The van der Waals surface area contributed by atoms with Crippen molar-refractivity contribution in [2.45, 2.75) is 44.6 Å². The zero-order valence-corrected chi connectivity index (χ0v) is 20.2. The fraction of sp³-hybridized carbons (Fsp3) is 0.423. The molecule has 0 spiro atoms. The van der Waals surface area contributed by atoms with E-state index in [2.05, 4.69) is 27.8 Å². The number of rotatable bonds is 3. The highest BCUT2D eigenvalue weighted by molar-refractivity contribution is 5.93. The fourth-order valence-corrected chi connectivity index (χ4v) is 5.37. The molecule has 188 valence electrons. The first kappa shape index (κ1) is 24.1. The molecule has 2 aliphatic heterocycles. The van der Waals surface area contributed by atoms with Gasteiger partial charge in [0.15, 0.2) is 0 Å². The van der Waals surface area contributed by atoms with Gasteiger partial charge in [-0.1, -0.05) is 19.1 Å². The number of fused-ring (bicyclic) bond motifs is 5. The predicted octanol–water partition coefficient (Wildman–Crippen LogP) is 4.25. The van der Waals surface area contributed by atoms with E-state index in [0.29, 0.717) is 36.4 Å². The van der Waals surface area contributed by atoms with Crippen LogP contribution in [0.15, 0.2) is 41.2 Å². The normalized spacial score (nSPS) is 20.9. The summed E-state index contributed by atoms with van der Waals surface area (Å²) in [7, 11) is 1.66. The Hall–Kier alpha value is -3.58. The Morgan fingerprint density at radius 2 is 1.92 bits per heavy atom. The van der Waals surface area contributed by atoms with Crippen LogP contribution >= 0.6 is 0 Å². The topological polar surface area (TPSA) is 74.4 Å². The van der Waals surface area contributed by atoms with Gasteiger partial charge >= 0.3 is 6.18 Å². The lowest BCUT2D eigenvalue weighted by molar-refractivity contribution is -0.137. The molecule has 36 heavy (non-hydrogen) atoms. The Bertz CT molecular complexity index is 1410. The predicted molar refractivity (Wildman–Crippen MR) is 129 cm³/mol. The van der Waals surface area contributed by atoms with Crippen LogP contribution in [-0.2, 0) is 13.2 Å². The SMILES string of the molecule is CC[C@@H]1CN2c3c(c(=O)n(C)c4ccc(C#N)nc34)OC[C@@H]2CN1[C@@H](C)c1ccc(C(F)(F)F)cc1. The minimum absolute atomic E-state index is 0.0833. The van der Waals surface area contributed by atoms with Gasteiger partial charge in [-0.15, -0.1) is 0 Å². The van der Waals surface area contributed by atoms with E-state index < -0.39 is 11.7 Å². The van der Waals surface area contributed by atoms with Crippen molar-refractivity contribution in [3.8, 4) is 11.8 Å². The van der Waals surface area contributed by atoms with Gasteiger partial charge in [-0.3, -0.25) is 9.69 Å². The van der Waals surface area contributed by atoms with Crippen molar-refractivity contribution >= 4 is 16.7 Å². The number of piperazine rings is 1. The summed E-state index contributed by atoms with van der Waals surface area (Å²) < 4.78 is 46.6. The molecule has 7 nitrogen and oxygen atoms in total. The van der Waals surface area contributed by atoms with Gasteiger partial charge in [0.05, 0.1) is 17.1 Å². The molecule has 0 unspecified atom stereocenters. The van der Waals surface area contributed by atoms with E-state index in [4.69, 9.17) is 4.74 Å². The third-order valence-corrected chi connectivity index (χ3v) is 7.42. The zero-order chi connectivity index (χ0) is 25.8. The highest BCUT2D eigenvalue weighted by Gasteiger charge is 2.41. The molecule has 0 saturated carbocycles. The van der Waals surface area contributed by atoms with Crippen molar-refractivity contribution in [1.82, 2.24) is 14.5 Å². The third kappa shape index (κ3) is 3.88. The van der Waals surface area contributed by atoms with Gasteiger partial charge in [-0.05, 0) is 43.2 Å². The van der Waals surface area contributed by atoms with Crippen LogP contribution in [-0.4, -0.2) is 46.2 Å². The number of anilines is 1. The fourth-order valence-electron chi connectivity index (χ4n) is 5.37. The smallest absolute Gasteiger partial charge is 0.416 e. The minimum Gasteiger partial charge on any atom is -0.484 e. The number of alkyl halides is 3. The molecule has 0 amide bonds. The van der Waals surface area contributed by atoms with Gasteiger partial charge in [0, 0.05) is 32.2 Å². The molecule has 1 aromatic carbocycles. The van der Waals surface area contributed by atoms with E-state index in [-0.39, 0.29) is 35.1 Å². The molecule has 0 N–H and O–H groups in total. The van der Waals surface area contributed by atoms with Crippen molar-refractivity contribution in [2.24, 2.45) is 7.05 Å². The summed E-state index contributed by atoms with van der Waals surface area (Å²) in [5.41, 5.74) is 1.94. The number of pyridine rings is 2. The number of nitrogens with zero attached hydrogens (tertiary/aromatic N) is 5. The van der Waals surface area contributed by atoms with Gasteiger partial charge in [-0.2, -0.15) is 18.4 Å². The first-order valence-electron chi connectivity index (χ1n) is 11.9.